The van der Waals surface area contributed by atoms with Gasteiger partial charge in [0.1, 0.15) is 11.9 Å². The molecule has 26 heavy (non-hydrogen) atoms. The van der Waals surface area contributed by atoms with E-state index in [9.17, 15) is 9.90 Å². The molecule has 1 aliphatic carbocycles. The van der Waals surface area contributed by atoms with Gasteiger partial charge in [0.2, 0.25) is 5.88 Å². The summed E-state index contributed by atoms with van der Waals surface area (Å²) in [4.78, 5) is 15.8. The molecule has 0 atom stereocenters. The number of pyridine rings is 1. The van der Waals surface area contributed by atoms with Gasteiger partial charge in [-0.05, 0) is 59.8 Å². The number of hydrogen-bond donors (Lipinski definition) is 2. The lowest BCUT2D eigenvalue weighted by Gasteiger charge is -2.33. The molecule has 2 fully saturated rings. The van der Waals surface area contributed by atoms with Crippen molar-refractivity contribution in [2.24, 2.45) is 5.92 Å². The van der Waals surface area contributed by atoms with E-state index in [1.807, 2.05) is 6.07 Å². The Morgan fingerprint density at radius 3 is 2.65 bits per heavy atom. The number of carbonyl (C=O) groups is 1. The van der Waals surface area contributed by atoms with Crippen molar-refractivity contribution in [2.45, 2.75) is 37.7 Å². The molecule has 0 unspecified atom stereocenters. The van der Waals surface area contributed by atoms with E-state index in [4.69, 9.17) is 19.6 Å². The van der Waals surface area contributed by atoms with Gasteiger partial charge < -0.3 is 19.7 Å². The lowest BCUT2D eigenvalue weighted by Crippen LogP contribution is -2.38. The lowest BCUT2D eigenvalue weighted by molar-refractivity contribution is -0.148. The molecule has 1 saturated carbocycles. The highest BCUT2D eigenvalue weighted by molar-refractivity contribution is 9.10. The Morgan fingerprint density at radius 1 is 1.23 bits per heavy atom. The lowest BCUT2D eigenvalue weighted by atomic mass is 9.82. The summed E-state index contributed by atoms with van der Waals surface area (Å²) in [5.41, 5.74) is 0.940. The molecular formula is C19H20BrNO5. The SMILES string of the molecule is O=C(O)C1CC(Oc2nc(C3CCOCC3)c(Br)c3ccc(O)cc23)C1. The number of rotatable bonds is 4. The van der Waals surface area contributed by atoms with Gasteiger partial charge in [-0.1, -0.05) is 0 Å². The molecule has 6 nitrogen and oxygen atoms in total. The average molecular weight is 422 g/mol. The summed E-state index contributed by atoms with van der Waals surface area (Å²) in [7, 11) is 0. The van der Waals surface area contributed by atoms with Crippen molar-refractivity contribution in [1.82, 2.24) is 4.98 Å². The van der Waals surface area contributed by atoms with Gasteiger partial charge in [0.15, 0.2) is 0 Å². The van der Waals surface area contributed by atoms with Crippen LogP contribution in [0.2, 0.25) is 0 Å². The van der Waals surface area contributed by atoms with Crippen molar-refractivity contribution in [2.75, 3.05) is 13.2 Å². The Morgan fingerprint density at radius 2 is 1.96 bits per heavy atom. The molecule has 2 heterocycles. The number of aliphatic carboxylic acids is 1. The number of hydrogen-bond acceptors (Lipinski definition) is 5. The molecule has 0 amide bonds. The molecule has 138 valence electrons. The number of nitrogens with zero attached hydrogens (tertiary/aromatic N) is 1. The van der Waals surface area contributed by atoms with Crippen LogP contribution in [0, 0.1) is 5.92 Å². The molecule has 2 aromatic rings. The highest BCUT2D eigenvalue weighted by atomic mass is 79.9. The van der Waals surface area contributed by atoms with E-state index in [1.54, 1.807) is 12.1 Å². The summed E-state index contributed by atoms with van der Waals surface area (Å²) in [6, 6.07) is 5.14. The predicted molar refractivity (Wildman–Crippen MR) is 98.7 cm³/mol. The highest BCUT2D eigenvalue weighted by Gasteiger charge is 2.37. The molecule has 2 aliphatic rings. The molecule has 1 aliphatic heterocycles. The van der Waals surface area contributed by atoms with Crippen LogP contribution < -0.4 is 4.74 Å². The van der Waals surface area contributed by atoms with Crippen molar-refractivity contribution < 1.29 is 24.5 Å². The molecule has 1 aromatic heterocycles. The van der Waals surface area contributed by atoms with Crippen LogP contribution in [-0.4, -0.2) is 40.5 Å². The summed E-state index contributed by atoms with van der Waals surface area (Å²) in [5.74, 6) is -0.225. The van der Waals surface area contributed by atoms with Crippen molar-refractivity contribution in [1.29, 1.82) is 0 Å². The van der Waals surface area contributed by atoms with E-state index in [0.29, 0.717) is 31.9 Å². The fourth-order valence-corrected chi connectivity index (χ4v) is 4.37. The predicted octanol–water partition coefficient (Wildman–Crippen LogP) is 3.84. The van der Waals surface area contributed by atoms with E-state index >= 15 is 0 Å². The quantitative estimate of drug-likeness (QED) is 0.779. The summed E-state index contributed by atoms with van der Waals surface area (Å²) < 4.78 is 12.4. The van der Waals surface area contributed by atoms with Crippen molar-refractivity contribution in [3.05, 3.63) is 28.4 Å². The topological polar surface area (TPSA) is 88.9 Å². The second kappa shape index (κ2) is 7.04. The van der Waals surface area contributed by atoms with Gasteiger partial charge in [-0.15, -0.1) is 0 Å². The number of aromatic nitrogens is 1. The molecule has 4 rings (SSSR count). The van der Waals surface area contributed by atoms with Gasteiger partial charge >= 0.3 is 5.97 Å². The number of fused-ring (bicyclic) bond motifs is 1. The summed E-state index contributed by atoms with van der Waals surface area (Å²) >= 11 is 3.68. The molecule has 1 saturated heterocycles. The first-order chi connectivity index (χ1) is 12.5. The van der Waals surface area contributed by atoms with Gasteiger partial charge in [-0.2, -0.15) is 0 Å². The van der Waals surface area contributed by atoms with E-state index in [0.717, 1.165) is 33.8 Å². The van der Waals surface area contributed by atoms with Crippen molar-refractivity contribution in [3.63, 3.8) is 0 Å². The molecule has 0 radical (unpaired) electrons. The zero-order chi connectivity index (χ0) is 18.3. The third-order valence-corrected chi connectivity index (χ3v) is 6.08. The normalized spacial score (nSPS) is 23.6. The Labute approximate surface area is 159 Å². The molecule has 0 bridgehead atoms. The number of aromatic hydroxyl groups is 1. The third kappa shape index (κ3) is 3.25. The average Bonchev–Trinajstić information content (AvgIpc) is 2.59. The third-order valence-electron chi connectivity index (χ3n) is 5.25. The first-order valence-corrected chi connectivity index (χ1v) is 9.61. The molecule has 7 heteroatoms. The van der Waals surface area contributed by atoms with Crippen LogP contribution in [0.4, 0.5) is 0 Å². The molecule has 0 spiro atoms. The van der Waals surface area contributed by atoms with Gasteiger partial charge in [0, 0.05) is 34.4 Å². The summed E-state index contributed by atoms with van der Waals surface area (Å²) in [6.45, 7) is 1.43. The fourth-order valence-electron chi connectivity index (χ4n) is 3.61. The standard InChI is InChI=1S/C19H20BrNO5/c20-16-14-2-1-12(22)9-15(14)18(26-13-7-11(8-13)19(23)24)21-17(16)10-3-5-25-6-4-10/h1-2,9-11,13,22H,3-8H2,(H,23,24). The Hall–Kier alpha value is -1.86. The summed E-state index contributed by atoms with van der Waals surface area (Å²) in [5, 5.41) is 20.6. The summed E-state index contributed by atoms with van der Waals surface area (Å²) in [6.07, 6.45) is 2.62. The number of benzene rings is 1. The first-order valence-electron chi connectivity index (χ1n) is 8.82. The van der Waals surface area contributed by atoms with E-state index < -0.39 is 5.97 Å². The van der Waals surface area contributed by atoms with Crippen molar-refractivity contribution >= 4 is 32.7 Å². The fraction of sp³-hybridized carbons (Fsp3) is 0.474. The minimum atomic E-state index is -0.779. The second-order valence-electron chi connectivity index (χ2n) is 6.98. The number of halogens is 1. The van der Waals surface area contributed by atoms with Gasteiger partial charge in [-0.25, -0.2) is 4.98 Å². The van der Waals surface area contributed by atoms with E-state index in [2.05, 4.69) is 15.9 Å². The van der Waals surface area contributed by atoms with Crippen LogP contribution in [0.1, 0.15) is 37.3 Å². The number of phenolic OH excluding ortho intramolecular Hbond substituents is 1. The zero-order valence-corrected chi connectivity index (χ0v) is 15.7. The van der Waals surface area contributed by atoms with Crippen LogP contribution in [-0.2, 0) is 9.53 Å². The number of ether oxygens (including phenoxy) is 2. The number of carboxylic acid groups (broad SMARTS) is 1. The van der Waals surface area contributed by atoms with Crippen LogP contribution in [0.15, 0.2) is 22.7 Å². The van der Waals surface area contributed by atoms with E-state index in [-0.39, 0.29) is 23.7 Å². The molecule has 1 aromatic carbocycles. The largest absolute Gasteiger partial charge is 0.508 e. The monoisotopic (exact) mass is 421 g/mol. The smallest absolute Gasteiger partial charge is 0.306 e. The zero-order valence-electron chi connectivity index (χ0n) is 14.2. The minimum Gasteiger partial charge on any atom is -0.508 e. The van der Waals surface area contributed by atoms with Gasteiger partial charge in [-0.3, -0.25) is 4.79 Å². The maximum Gasteiger partial charge on any atom is 0.306 e. The van der Waals surface area contributed by atoms with Crippen LogP contribution in [0.5, 0.6) is 11.6 Å². The number of phenols is 1. The second-order valence-corrected chi connectivity index (χ2v) is 7.77. The Bertz CT molecular complexity index is 843. The minimum absolute atomic E-state index is 0.145. The molecule has 2 N–H and O–H groups in total. The van der Waals surface area contributed by atoms with Crippen LogP contribution in [0.25, 0.3) is 10.8 Å². The van der Waals surface area contributed by atoms with Crippen LogP contribution in [0.3, 0.4) is 0 Å². The highest BCUT2D eigenvalue weighted by Crippen LogP contribution is 2.41. The van der Waals surface area contributed by atoms with Gasteiger partial charge in [0.05, 0.1) is 11.6 Å². The van der Waals surface area contributed by atoms with E-state index in [1.165, 1.54) is 0 Å². The Kier molecular flexibility index (Phi) is 4.75. The van der Waals surface area contributed by atoms with Crippen molar-refractivity contribution in [3.8, 4) is 11.6 Å². The maximum absolute atomic E-state index is 11.0. The Balaban J connectivity index is 1.71. The molecular weight excluding hydrogens is 402 g/mol. The first kappa shape index (κ1) is 17.5. The number of carboxylic acids is 1. The van der Waals surface area contributed by atoms with Gasteiger partial charge in [0.25, 0.3) is 0 Å². The van der Waals surface area contributed by atoms with Crippen LogP contribution >= 0.6 is 15.9 Å². The maximum atomic E-state index is 11.0.